The second kappa shape index (κ2) is 14.2. The third-order valence-corrected chi connectivity index (χ3v) is 8.17. The van der Waals surface area contributed by atoms with Crippen LogP contribution < -0.4 is 10.1 Å². The zero-order valence-corrected chi connectivity index (χ0v) is 25.8. The van der Waals surface area contributed by atoms with Gasteiger partial charge in [-0.3, -0.25) is 14.5 Å². The number of carbonyl (C=O) groups excluding carboxylic acids is 2. The average molecular weight is 674 g/mol. The van der Waals surface area contributed by atoms with Gasteiger partial charge in [0.15, 0.2) is 11.8 Å². The first-order valence-electron chi connectivity index (χ1n) is 12.5. The maximum absolute atomic E-state index is 13.5. The number of nitrogens with one attached hydrogen (secondary N) is 1. The molecule has 1 aromatic heterocycles. The van der Waals surface area contributed by atoms with Crippen molar-refractivity contribution in [2.24, 2.45) is 10.2 Å². The molecule has 218 valence electrons. The molecular formula is C30H20Cl4N4O4S. The molecule has 4 aromatic rings. The molecule has 8 nitrogen and oxygen atoms in total. The van der Waals surface area contributed by atoms with E-state index in [1.54, 1.807) is 78.9 Å². The Balaban J connectivity index is 1.38. The van der Waals surface area contributed by atoms with Crippen molar-refractivity contribution in [3.63, 3.8) is 0 Å². The smallest absolute Gasteiger partial charge is 0.267 e. The van der Waals surface area contributed by atoms with Crippen LogP contribution in [0.25, 0.3) is 6.08 Å². The molecule has 0 unspecified atom stereocenters. The maximum Gasteiger partial charge on any atom is 0.267 e. The quantitative estimate of drug-likeness (QED) is 0.109. The number of rotatable bonds is 9. The number of nitrogens with zero attached hydrogens (tertiary/aromatic N) is 3. The molecule has 1 aliphatic rings. The van der Waals surface area contributed by atoms with Crippen LogP contribution in [0, 0.1) is 0 Å². The molecule has 1 N–H and O–H groups in total. The van der Waals surface area contributed by atoms with E-state index in [0.717, 1.165) is 11.8 Å². The van der Waals surface area contributed by atoms with E-state index in [2.05, 4.69) is 15.5 Å². The van der Waals surface area contributed by atoms with Gasteiger partial charge in [-0.05, 0) is 78.5 Å². The average Bonchev–Trinajstić information content (AvgIpc) is 3.60. The maximum atomic E-state index is 13.5. The van der Waals surface area contributed by atoms with Gasteiger partial charge in [0.25, 0.3) is 11.8 Å². The van der Waals surface area contributed by atoms with E-state index in [4.69, 9.17) is 55.6 Å². The lowest BCUT2D eigenvalue weighted by Crippen LogP contribution is -2.28. The number of thioether (sulfide) groups is 1. The summed E-state index contributed by atoms with van der Waals surface area (Å²) in [6, 6.07) is 20.2. The van der Waals surface area contributed by atoms with Crippen molar-refractivity contribution in [1.82, 2.24) is 4.90 Å². The lowest BCUT2D eigenvalue weighted by Gasteiger charge is -2.13. The van der Waals surface area contributed by atoms with Crippen LogP contribution in [0.3, 0.4) is 0 Å². The molecule has 2 heterocycles. The molecule has 3 aromatic carbocycles. The van der Waals surface area contributed by atoms with E-state index in [1.807, 2.05) is 0 Å². The zero-order valence-electron chi connectivity index (χ0n) is 22.0. The fraction of sp³-hybridized carbons (Fsp3) is 0.0667. The highest BCUT2D eigenvalue weighted by Gasteiger charge is 2.34. The molecule has 1 saturated heterocycles. The number of carbonyl (C=O) groups is 2. The number of hydrogen-bond donors (Lipinski definition) is 1. The molecule has 0 spiro atoms. The Kier molecular flexibility index (Phi) is 10.1. The third-order valence-electron chi connectivity index (χ3n) is 5.85. The van der Waals surface area contributed by atoms with Crippen molar-refractivity contribution in [2.75, 3.05) is 11.9 Å². The van der Waals surface area contributed by atoms with Gasteiger partial charge in [0, 0.05) is 26.9 Å². The van der Waals surface area contributed by atoms with Crippen LogP contribution in [0.1, 0.15) is 16.9 Å². The van der Waals surface area contributed by atoms with Gasteiger partial charge in [0.05, 0.1) is 34.0 Å². The number of halogens is 4. The predicted octanol–water partition coefficient (Wildman–Crippen LogP) is 8.42. The Hall–Kier alpha value is -3.73. The lowest BCUT2D eigenvalue weighted by molar-refractivity contribution is -0.122. The summed E-state index contributed by atoms with van der Waals surface area (Å²) in [4.78, 5) is 27.8. The van der Waals surface area contributed by atoms with Crippen molar-refractivity contribution in [1.29, 1.82) is 0 Å². The van der Waals surface area contributed by atoms with Crippen LogP contribution in [0.4, 0.5) is 5.69 Å². The molecule has 0 atom stereocenters. The summed E-state index contributed by atoms with van der Waals surface area (Å²) in [5.41, 5.74) is 1.64. The standard InChI is InChI=1S/C30H20Cl4N4O4S/c31-20-6-9-22(10-7-20)36-27(39)17-42-25-11-8-21(32)13-19(25)14-26-29(40)38(16-23-4-2-12-41-23)30(43-26)37-35-15-18-3-1-5-24(33)28(18)34/h1-15H,16-17H2,(H,36,39)/b26-14-,35-15+,37-30-. The Labute approximate surface area is 270 Å². The summed E-state index contributed by atoms with van der Waals surface area (Å²) in [6.45, 7) is -0.147. The van der Waals surface area contributed by atoms with Crippen LogP contribution in [0.15, 0.2) is 98.6 Å². The predicted molar refractivity (Wildman–Crippen MR) is 173 cm³/mol. The highest BCUT2D eigenvalue weighted by Crippen LogP contribution is 2.36. The molecule has 43 heavy (non-hydrogen) atoms. The van der Waals surface area contributed by atoms with Crippen molar-refractivity contribution in [3.8, 4) is 5.75 Å². The van der Waals surface area contributed by atoms with Gasteiger partial charge in [-0.15, -0.1) is 5.10 Å². The van der Waals surface area contributed by atoms with E-state index in [-0.39, 0.29) is 25.0 Å². The van der Waals surface area contributed by atoms with Gasteiger partial charge in [-0.2, -0.15) is 5.10 Å². The molecule has 0 radical (unpaired) electrons. The molecular weight excluding hydrogens is 654 g/mol. The van der Waals surface area contributed by atoms with E-state index < -0.39 is 0 Å². The van der Waals surface area contributed by atoms with Crippen LogP contribution in [0.2, 0.25) is 20.1 Å². The summed E-state index contributed by atoms with van der Waals surface area (Å²) in [7, 11) is 0. The molecule has 1 fully saturated rings. The summed E-state index contributed by atoms with van der Waals surface area (Å²) < 4.78 is 11.3. The first-order chi connectivity index (χ1) is 20.8. The van der Waals surface area contributed by atoms with E-state index >= 15 is 0 Å². The van der Waals surface area contributed by atoms with Crippen molar-refractivity contribution in [3.05, 3.63) is 121 Å². The molecule has 5 rings (SSSR count). The van der Waals surface area contributed by atoms with E-state index in [0.29, 0.717) is 58.5 Å². The second-order valence-electron chi connectivity index (χ2n) is 8.88. The number of furan rings is 1. The Bertz CT molecular complexity index is 1740. The monoisotopic (exact) mass is 672 g/mol. The van der Waals surface area contributed by atoms with E-state index in [9.17, 15) is 9.59 Å². The molecule has 0 saturated carbocycles. The highest BCUT2D eigenvalue weighted by molar-refractivity contribution is 8.18. The minimum Gasteiger partial charge on any atom is -0.483 e. The topological polar surface area (TPSA) is 96.5 Å². The Morgan fingerprint density at radius 1 is 0.977 bits per heavy atom. The van der Waals surface area contributed by atoms with Crippen molar-refractivity contribution < 1.29 is 18.7 Å². The van der Waals surface area contributed by atoms with Crippen molar-refractivity contribution >= 4 is 93.1 Å². The lowest BCUT2D eigenvalue weighted by atomic mass is 10.2. The fourth-order valence-corrected chi connectivity index (χ4v) is 5.41. The fourth-order valence-electron chi connectivity index (χ4n) is 3.82. The summed E-state index contributed by atoms with van der Waals surface area (Å²) >= 11 is 25.6. The SMILES string of the molecule is O=C(COc1ccc(Cl)cc1/C=C1\S/C(=N\N=C\c2cccc(Cl)c2Cl)N(Cc2ccco2)C1=O)Nc1ccc(Cl)cc1. The third kappa shape index (κ3) is 8.01. The van der Waals surface area contributed by atoms with Crippen LogP contribution >= 0.6 is 58.2 Å². The number of amidine groups is 1. The van der Waals surface area contributed by atoms with Crippen LogP contribution in [-0.2, 0) is 16.1 Å². The van der Waals surface area contributed by atoms with Gasteiger partial charge in [-0.1, -0.05) is 58.5 Å². The molecule has 1 aliphatic heterocycles. The largest absolute Gasteiger partial charge is 0.483 e. The summed E-state index contributed by atoms with van der Waals surface area (Å²) in [6.07, 6.45) is 4.60. The Morgan fingerprint density at radius 2 is 1.77 bits per heavy atom. The second-order valence-corrected chi connectivity index (χ2v) is 11.5. The first-order valence-corrected chi connectivity index (χ1v) is 14.9. The van der Waals surface area contributed by atoms with Crippen LogP contribution in [0.5, 0.6) is 5.75 Å². The number of ether oxygens (including phenoxy) is 1. The Morgan fingerprint density at radius 3 is 2.53 bits per heavy atom. The normalized spacial score (nSPS) is 15.2. The van der Waals surface area contributed by atoms with Gasteiger partial charge in [-0.25, -0.2) is 0 Å². The van der Waals surface area contributed by atoms with Gasteiger partial charge in [0.1, 0.15) is 11.5 Å². The molecule has 13 heteroatoms. The molecule has 2 amide bonds. The minimum atomic E-state index is -0.376. The van der Waals surface area contributed by atoms with E-state index in [1.165, 1.54) is 17.4 Å². The summed E-state index contributed by atoms with van der Waals surface area (Å²) in [5.74, 6) is 0.206. The first kappa shape index (κ1) is 30.7. The van der Waals surface area contributed by atoms with Gasteiger partial charge < -0.3 is 14.5 Å². The summed E-state index contributed by atoms with van der Waals surface area (Å²) in [5, 5.41) is 13.2. The molecule has 0 aliphatic carbocycles. The van der Waals surface area contributed by atoms with Crippen LogP contribution in [-0.4, -0.2) is 34.7 Å². The zero-order chi connectivity index (χ0) is 30.3. The molecule has 0 bridgehead atoms. The number of hydrogen-bond acceptors (Lipinski definition) is 7. The number of anilines is 1. The van der Waals surface area contributed by atoms with Gasteiger partial charge >= 0.3 is 0 Å². The van der Waals surface area contributed by atoms with Gasteiger partial charge in [0.2, 0.25) is 0 Å². The number of benzene rings is 3. The number of amides is 2. The minimum absolute atomic E-state index is 0.131. The highest BCUT2D eigenvalue weighted by atomic mass is 35.5. The van der Waals surface area contributed by atoms with Crippen molar-refractivity contribution in [2.45, 2.75) is 6.54 Å².